The molecular weight excluding hydrogens is 394 g/mol. The summed E-state index contributed by atoms with van der Waals surface area (Å²) in [4.78, 5) is 23.0. The summed E-state index contributed by atoms with van der Waals surface area (Å²) in [5, 5.41) is 0. The molecule has 1 aliphatic heterocycles. The van der Waals surface area contributed by atoms with E-state index in [4.69, 9.17) is 25.2 Å². The van der Waals surface area contributed by atoms with Crippen molar-refractivity contribution in [3.8, 4) is 12.3 Å². The fraction of sp³-hybridized carbons (Fsp3) is 0.846. The SMILES string of the molecule is C#CCCCO[C@@H]1[C@@H](OC)O[C@@H](COP(=O)([O-])OC)[C@@H]1OP(=O)([O-])OC. The number of hydrogen-bond acceptors (Lipinski definition) is 11. The maximum Gasteiger partial charge on any atom is 0.268 e. The molecule has 1 fully saturated rings. The predicted octanol–water partition coefficient (Wildman–Crippen LogP) is -0.212. The van der Waals surface area contributed by atoms with Crippen LogP contribution in [0.1, 0.15) is 12.8 Å². The molecular formula is C13H22O11P2-2. The van der Waals surface area contributed by atoms with Crippen LogP contribution in [0.25, 0.3) is 0 Å². The molecule has 0 radical (unpaired) electrons. The van der Waals surface area contributed by atoms with Gasteiger partial charge in [0, 0.05) is 34.4 Å². The van der Waals surface area contributed by atoms with Crippen LogP contribution in [0.5, 0.6) is 0 Å². The lowest BCUT2D eigenvalue weighted by Crippen LogP contribution is -2.40. The highest BCUT2D eigenvalue weighted by Gasteiger charge is 2.48. The second-order valence-electron chi connectivity index (χ2n) is 5.05. The van der Waals surface area contributed by atoms with Gasteiger partial charge in [-0.2, -0.15) is 0 Å². The highest BCUT2D eigenvalue weighted by molar-refractivity contribution is 7.46. The second-order valence-corrected chi connectivity index (χ2v) is 8.04. The minimum Gasteiger partial charge on any atom is -0.756 e. The number of hydrogen-bond donors (Lipinski definition) is 0. The first kappa shape index (κ1) is 23.7. The van der Waals surface area contributed by atoms with Gasteiger partial charge in [0.1, 0.15) is 18.3 Å². The molecule has 0 aromatic rings. The van der Waals surface area contributed by atoms with E-state index in [2.05, 4.69) is 19.5 Å². The number of phosphoric ester groups is 2. The van der Waals surface area contributed by atoms with Crippen LogP contribution in [0.2, 0.25) is 0 Å². The van der Waals surface area contributed by atoms with Crippen LogP contribution >= 0.6 is 15.6 Å². The Bertz CT molecular complexity index is 563. The van der Waals surface area contributed by atoms with E-state index in [0.717, 1.165) is 14.2 Å². The Labute approximate surface area is 152 Å². The van der Waals surface area contributed by atoms with Gasteiger partial charge < -0.3 is 42.1 Å². The molecule has 0 aromatic heterocycles. The zero-order valence-corrected chi connectivity index (χ0v) is 16.4. The Hall–Kier alpha value is -0.340. The molecule has 26 heavy (non-hydrogen) atoms. The Morgan fingerprint density at radius 2 is 1.77 bits per heavy atom. The Balaban J connectivity index is 2.90. The van der Waals surface area contributed by atoms with Crippen LogP contribution < -0.4 is 9.79 Å². The summed E-state index contributed by atoms with van der Waals surface area (Å²) in [5.74, 6) is 2.44. The predicted molar refractivity (Wildman–Crippen MR) is 83.5 cm³/mol. The van der Waals surface area contributed by atoms with Crippen molar-refractivity contribution >= 4 is 15.6 Å². The highest BCUT2D eigenvalue weighted by atomic mass is 31.2. The van der Waals surface area contributed by atoms with Crippen LogP contribution in [0.15, 0.2) is 0 Å². The van der Waals surface area contributed by atoms with E-state index >= 15 is 0 Å². The zero-order valence-electron chi connectivity index (χ0n) is 14.6. The fourth-order valence-electron chi connectivity index (χ4n) is 2.12. The third-order valence-corrected chi connectivity index (χ3v) is 5.23. The maximum atomic E-state index is 11.7. The average molecular weight is 416 g/mol. The van der Waals surface area contributed by atoms with E-state index in [-0.39, 0.29) is 6.61 Å². The minimum atomic E-state index is -4.68. The molecule has 1 saturated heterocycles. The fourth-order valence-corrected chi connectivity index (χ4v) is 3.20. The first-order valence-corrected chi connectivity index (χ1v) is 10.4. The lowest BCUT2D eigenvalue weighted by Gasteiger charge is -2.30. The van der Waals surface area contributed by atoms with E-state index in [1.54, 1.807) is 0 Å². The molecule has 1 rings (SSSR count). The van der Waals surface area contributed by atoms with Crippen LogP contribution in [0.3, 0.4) is 0 Å². The van der Waals surface area contributed by atoms with Crippen molar-refractivity contribution < 1.29 is 51.2 Å². The lowest BCUT2D eigenvalue weighted by molar-refractivity contribution is -0.233. The van der Waals surface area contributed by atoms with Gasteiger partial charge in [-0.1, -0.05) is 0 Å². The second kappa shape index (κ2) is 10.9. The lowest BCUT2D eigenvalue weighted by atomic mass is 10.1. The normalized spacial score (nSPS) is 30.5. The molecule has 0 N–H and O–H groups in total. The minimum absolute atomic E-state index is 0.180. The first-order valence-electron chi connectivity index (χ1n) is 7.49. The van der Waals surface area contributed by atoms with Gasteiger partial charge in [0.15, 0.2) is 6.29 Å². The summed E-state index contributed by atoms with van der Waals surface area (Å²) in [6.45, 7) is -0.396. The van der Waals surface area contributed by atoms with Gasteiger partial charge in [0.05, 0.1) is 6.61 Å². The summed E-state index contributed by atoms with van der Waals surface area (Å²) in [5.41, 5.74) is 0. The van der Waals surface area contributed by atoms with E-state index in [9.17, 15) is 18.9 Å². The summed E-state index contributed by atoms with van der Waals surface area (Å²) >= 11 is 0. The highest BCUT2D eigenvalue weighted by Crippen LogP contribution is 2.44. The molecule has 152 valence electrons. The Morgan fingerprint density at radius 3 is 2.31 bits per heavy atom. The van der Waals surface area contributed by atoms with Crippen molar-refractivity contribution in [2.24, 2.45) is 0 Å². The number of unbranched alkanes of at least 4 members (excludes halogenated alkanes) is 1. The van der Waals surface area contributed by atoms with Crippen LogP contribution in [-0.2, 0) is 41.4 Å². The molecule has 11 nitrogen and oxygen atoms in total. The van der Waals surface area contributed by atoms with E-state index in [1.807, 2.05) is 0 Å². The van der Waals surface area contributed by atoms with Crippen LogP contribution in [0, 0.1) is 12.3 Å². The maximum absolute atomic E-state index is 11.7. The molecule has 6 atom stereocenters. The van der Waals surface area contributed by atoms with Crippen LogP contribution in [0.4, 0.5) is 0 Å². The molecule has 13 heteroatoms. The van der Waals surface area contributed by atoms with Gasteiger partial charge in [-0.15, -0.1) is 12.3 Å². The molecule has 0 saturated carbocycles. The Morgan fingerprint density at radius 1 is 1.12 bits per heavy atom. The largest absolute Gasteiger partial charge is 0.756 e. The summed E-state index contributed by atoms with van der Waals surface area (Å²) in [6, 6.07) is 0. The molecule has 1 heterocycles. The van der Waals surface area contributed by atoms with E-state index in [1.165, 1.54) is 7.11 Å². The summed E-state index contributed by atoms with van der Waals surface area (Å²) < 4.78 is 57.3. The van der Waals surface area contributed by atoms with Gasteiger partial charge in [-0.05, 0) is 6.42 Å². The molecule has 2 unspecified atom stereocenters. The first-order chi connectivity index (χ1) is 12.2. The van der Waals surface area contributed by atoms with Gasteiger partial charge in [-0.25, -0.2) is 0 Å². The number of rotatable bonds is 12. The van der Waals surface area contributed by atoms with Gasteiger partial charge in [0.2, 0.25) is 0 Å². The quantitative estimate of drug-likeness (QED) is 0.237. The molecule has 0 bridgehead atoms. The molecule has 0 aliphatic carbocycles. The van der Waals surface area contributed by atoms with Gasteiger partial charge in [0.25, 0.3) is 15.6 Å². The topological polar surface area (TPSA) is 145 Å². The molecule has 0 amide bonds. The van der Waals surface area contributed by atoms with Crippen LogP contribution in [-0.4, -0.2) is 59.1 Å². The number of methoxy groups -OCH3 is 1. The van der Waals surface area contributed by atoms with E-state index < -0.39 is 46.9 Å². The van der Waals surface area contributed by atoms with Crippen molar-refractivity contribution in [1.29, 1.82) is 0 Å². The van der Waals surface area contributed by atoms with Crippen molar-refractivity contribution in [2.75, 3.05) is 34.5 Å². The smallest absolute Gasteiger partial charge is 0.268 e. The number of terminal acetylenes is 1. The molecule has 1 aliphatic rings. The zero-order chi connectivity index (χ0) is 19.8. The third kappa shape index (κ3) is 7.35. The average Bonchev–Trinajstić information content (AvgIpc) is 2.93. The molecule has 0 aromatic carbocycles. The van der Waals surface area contributed by atoms with Crippen molar-refractivity contribution in [1.82, 2.24) is 0 Å². The summed E-state index contributed by atoms with van der Waals surface area (Å²) in [7, 11) is -6.09. The summed E-state index contributed by atoms with van der Waals surface area (Å²) in [6.07, 6.45) is 1.69. The standard InChI is InChI=1S/C13H24O11P2/c1-5-6-7-8-21-12-11(24-26(16,17)20-4)10(23-13(12)18-2)9-22-25(14,15)19-3/h1,10-13H,6-9H2,2-4H3,(H,14,15)(H,16,17)/p-2/t10-,11-,12-,13-/m0/s1. The van der Waals surface area contributed by atoms with Crippen molar-refractivity contribution in [3.63, 3.8) is 0 Å². The number of phosphoric acid groups is 2. The van der Waals surface area contributed by atoms with Crippen molar-refractivity contribution in [2.45, 2.75) is 37.4 Å². The monoisotopic (exact) mass is 416 g/mol. The molecule has 0 spiro atoms. The van der Waals surface area contributed by atoms with Gasteiger partial charge in [-0.3, -0.25) is 9.13 Å². The van der Waals surface area contributed by atoms with Gasteiger partial charge >= 0.3 is 0 Å². The number of ether oxygens (including phenoxy) is 3. The van der Waals surface area contributed by atoms with E-state index in [0.29, 0.717) is 12.8 Å². The Kier molecular flexibility index (Phi) is 9.90. The third-order valence-electron chi connectivity index (χ3n) is 3.37. The van der Waals surface area contributed by atoms with Crippen molar-refractivity contribution in [3.05, 3.63) is 0 Å².